The lowest BCUT2D eigenvalue weighted by Crippen LogP contribution is -2.22. The summed E-state index contributed by atoms with van der Waals surface area (Å²) in [5.41, 5.74) is 7.28. The maximum atomic E-state index is 12.9. The molecule has 0 amide bonds. The Labute approximate surface area is 95.0 Å². The number of likely N-dealkylation sites (tertiary alicyclic amines) is 1. The van der Waals surface area contributed by atoms with Gasteiger partial charge in [0.05, 0.1) is 6.10 Å². The summed E-state index contributed by atoms with van der Waals surface area (Å²) < 4.78 is 18.2. The summed E-state index contributed by atoms with van der Waals surface area (Å²) in [7, 11) is 1.74. The average Bonchev–Trinajstić information content (AvgIpc) is 2.70. The fraction of sp³-hybridized carbons (Fsp3) is 0.500. The Balaban J connectivity index is 1.99. The summed E-state index contributed by atoms with van der Waals surface area (Å²) >= 11 is 0. The molecule has 1 aliphatic heterocycles. The number of nitrogens with zero attached hydrogens (tertiary/aromatic N) is 1. The number of benzene rings is 1. The lowest BCUT2D eigenvalue weighted by molar-refractivity contribution is 0.107. The smallest absolute Gasteiger partial charge is 0.125 e. The van der Waals surface area contributed by atoms with Crippen LogP contribution in [-0.2, 0) is 11.3 Å². The van der Waals surface area contributed by atoms with Gasteiger partial charge in [0.15, 0.2) is 0 Å². The third kappa shape index (κ3) is 2.51. The summed E-state index contributed by atoms with van der Waals surface area (Å²) in [6.45, 7) is 2.70. The van der Waals surface area contributed by atoms with Crippen molar-refractivity contribution in [2.75, 3.05) is 25.9 Å². The quantitative estimate of drug-likeness (QED) is 0.793. The van der Waals surface area contributed by atoms with Gasteiger partial charge >= 0.3 is 0 Å². The van der Waals surface area contributed by atoms with Gasteiger partial charge in [-0.3, -0.25) is 4.90 Å². The molecule has 0 aromatic heterocycles. The van der Waals surface area contributed by atoms with Gasteiger partial charge in [0.2, 0.25) is 0 Å². The van der Waals surface area contributed by atoms with Gasteiger partial charge in [0.1, 0.15) is 5.82 Å². The van der Waals surface area contributed by atoms with Crippen molar-refractivity contribution >= 4 is 5.69 Å². The molecule has 0 radical (unpaired) electrons. The van der Waals surface area contributed by atoms with E-state index in [9.17, 15) is 4.39 Å². The van der Waals surface area contributed by atoms with E-state index in [4.69, 9.17) is 10.5 Å². The summed E-state index contributed by atoms with van der Waals surface area (Å²) in [6, 6.07) is 4.58. The molecule has 3 nitrogen and oxygen atoms in total. The first-order valence-corrected chi connectivity index (χ1v) is 5.48. The zero-order valence-corrected chi connectivity index (χ0v) is 9.45. The average molecular weight is 224 g/mol. The number of hydrogen-bond acceptors (Lipinski definition) is 3. The van der Waals surface area contributed by atoms with E-state index in [1.165, 1.54) is 12.1 Å². The summed E-state index contributed by atoms with van der Waals surface area (Å²) in [5, 5.41) is 0. The maximum Gasteiger partial charge on any atom is 0.125 e. The van der Waals surface area contributed by atoms with Crippen molar-refractivity contribution in [1.29, 1.82) is 0 Å². The minimum Gasteiger partial charge on any atom is -0.398 e. The number of nitrogen functional groups attached to an aromatic ring is 1. The van der Waals surface area contributed by atoms with Gasteiger partial charge in [-0.1, -0.05) is 6.07 Å². The number of hydrogen-bond donors (Lipinski definition) is 1. The first-order chi connectivity index (χ1) is 7.69. The molecule has 1 fully saturated rings. The van der Waals surface area contributed by atoms with Crippen molar-refractivity contribution in [2.24, 2.45) is 0 Å². The standard InChI is InChI=1S/C12H17FN2O/c1-16-11-4-5-15(8-11)7-9-2-3-10(13)6-12(9)14/h2-3,6,11H,4-5,7-8,14H2,1H3. The molecule has 2 N–H and O–H groups in total. The molecule has 88 valence electrons. The third-order valence-corrected chi connectivity index (χ3v) is 3.06. The molecule has 16 heavy (non-hydrogen) atoms. The molecule has 1 aliphatic rings. The van der Waals surface area contributed by atoms with Crippen molar-refractivity contribution in [1.82, 2.24) is 4.90 Å². The molecular weight excluding hydrogens is 207 g/mol. The Hall–Kier alpha value is -1.13. The predicted molar refractivity (Wildman–Crippen MR) is 61.5 cm³/mol. The van der Waals surface area contributed by atoms with Crippen LogP contribution in [0.3, 0.4) is 0 Å². The fourth-order valence-electron chi connectivity index (χ4n) is 2.08. The molecule has 1 aromatic carbocycles. The van der Waals surface area contributed by atoms with Crippen LogP contribution in [0, 0.1) is 5.82 Å². The summed E-state index contributed by atoms with van der Waals surface area (Å²) in [5.74, 6) is -0.280. The number of halogens is 1. The molecule has 0 spiro atoms. The minimum atomic E-state index is -0.280. The van der Waals surface area contributed by atoms with Gasteiger partial charge in [-0.15, -0.1) is 0 Å². The number of ether oxygens (including phenoxy) is 1. The van der Waals surface area contributed by atoms with E-state index < -0.39 is 0 Å². The molecule has 0 aliphatic carbocycles. The Morgan fingerprint density at radius 1 is 1.56 bits per heavy atom. The van der Waals surface area contributed by atoms with Crippen molar-refractivity contribution < 1.29 is 9.13 Å². The molecule has 2 rings (SSSR count). The van der Waals surface area contributed by atoms with Crippen LogP contribution in [0.2, 0.25) is 0 Å². The van der Waals surface area contributed by atoms with Crippen LogP contribution in [-0.4, -0.2) is 31.2 Å². The Morgan fingerprint density at radius 3 is 3.00 bits per heavy atom. The van der Waals surface area contributed by atoms with Crippen LogP contribution in [0.5, 0.6) is 0 Å². The predicted octanol–water partition coefficient (Wildman–Crippen LogP) is 1.63. The highest BCUT2D eigenvalue weighted by atomic mass is 19.1. The van der Waals surface area contributed by atoms with Crippen molar-refractivity contribution in [3.8, 4) is 0 Å². The second-order valence-electron chi connectivity index (χ2n) is 4.22. The van der Waals surface area contributed by atoms with Crippen LogP contribution in [0.4, 0.5) is 10.1 Å². The minimum absolute atomic E-state index is 0.280. The zero-order valence-electron chi connectivity index (χ0n) is 9.45. The highest BCUT2D eigenvalue weighted by molar-refractivity contribution is 5.46. The van der Waals surface area contributed by atoms with Crippen molar-refractivity contribution in [3.63, 3.8) is 0 Å². The molecule has 1 heterocycles. The van der Waals surface area contributed by atoms with Crippen molar-refractivity contribution in [3.05, 3.63) is 29.6 Å². The lowest BCUT2D eigenvalue weighted by atomic mass is 10.1. The molecule has 1 unspecified atom stereocenters. The number of rotatable bonds is 3. The van der Waals surface area contributed by atoms with E-state index in [2.05, 4.69) is 4.90 Å². The number of nitrogens with two attached hydrogens (primary N) is 1. The summed E-state index contributed by atoms with van der Waals surface area (Å²) in [6.07, 6.45) is 1.37. The molecular formula is C12H17FN2O. The Morgan fingerprint density at radius 2 is 2.38 bits per heavy atom. The molecule has 0 bridgehead atoms. The first kappa shape index (κ1) is 11.4. The van der Waals surface area contributed by atoms with E-state index in [-0.39, 0.29) is 5.82 Å². The van der Waals surface area contributed by atoms with Crippen LogP contribution >= 0.6 is 0 Å². The van der Waals surface area contributed by atoms with E-state index in [1.54, 1.807) is 13.2 Å². The molecule has 1 atom stereocenters. The molecule has 4 heteroatoms. The van der Waals surface area contributed by atoms with Crippen LogP contribution in [0.1, 0.15) is 12.0 Å². The number of anilines is 1. The van der Waals surface area contributed by atoms with E-state index in [0.717, 1.165) is 31.6 Å². The van der Waals surface area contributed by atoms with Gasteiger partial charge in [-0.25, -0.2) is 4.39 Å². The Bertz CT molecular complexity index is 370. The highest BCUT2D eigenvalue weighted by Gasteiger charge is 2.22. The molecule has 1 saturated heterocycles. The topological polar surface area (TPSA) is 38.5 Å². The largest absolute Gasteiger partial charge is 0.398 e. The zero-order chi connectivity index (χ0) is 11.5. The second-order valence-corrected chi connectivity index (χ2v) is 4.22. The van der Waals surface area contributed by atoms with Crippen LogP contribution in [0.15, 0.2) is 18.2 Å². The van der Waals surface area contributed by atoms with Crippen LogP contribution in [0.25, 0.3) is 0 Å². The lowest BCUT2D eigenvalue weighted by Gasteiger charge is -2.16. The van der Waals surface area contributed by atoms with Crippen molar-refractivity contribution in [2.45, 2.75) is 19.1 Å². The maximum absolute atomic E-state index is 12.9. The van der Waals surface area contributed by atoms with Gasteiger partial charge in [0, 0.05) is 32.4 Å². The fourth-order valence-corrected chi connectivity index (χ4v) is 2.08. The normalized spacial score (nSPS) is 21.5. The van der Waals surface area contributed by atoms with Crippen LogP contribution < -0.4 is 5.73 Å². The highest BCUT2D eigenvalue weighted by Crippen LogP contribution is 2.19. The van der Waals surface area contributed by atoms with Gasteiger partial charge in [-0.05, 0) is 24.1 Å². The Kier molecular flexibility index (Phi) is 3.41. The van der Waals surface area contributed by atoms with E-state index in [1.807, 2.05) is 0 Å². The molecule has 0 saturated carbocycles. The SMILES string of the molecule is COC1CCN(Cc2ccc(F)cc2N)C1. The first-order valence-electron chi connectivity index (χ1n) is 5.48. The van der Waals surface area contributed by atoms with E-state index >= 15 is 0 Å². The summed E-state index contributed by atoms with van der Waals surface area (Å²) in [4.78, 5) is 2.28. The van der Waals surface area contributed by atoms with E-state index in [0.29, 0.717) is 11.8 Å². The third-order valence-electron chi connectivity index (χ3n) is 3.06. The molecule has 1 aromatic rings. The van der Waals surface area contributed by atoms with Gasteiger partial charge in [-0.2, -0.15) is 0 Å². The monoisotopic (exact) mass is 224 g/mol. The van der Waals surface area contributed by atoms with Gasteiger partial charge < -0.3 is 10.5 Å². The van der Waals surface area contributed by atoms with Gasteiger partial charge in [0.25, 0.3) is 0 Å². The second kappa shape index (κ2) is 4.80. The number of methoxy groups -OCH3 is 1.